The molecule has 76 heavy (non-hydrogen) atoms. The van der Waals surface area contributed by atoms with Gasteiger partial charge in [0.15, 0.2) is 0 Å². The number of nitrogens with one attached hydrogen (secondary N) is 4. The number of hydrogen-bond acceptors (Lipinski definition) is 8. The van der Waals surface area contributed by atoms with Gasteiger partial charge in [-0.25, -0.2) is 9.59 Å². The predicted octanol–water partition coefficient (Wildman–Crippen LogP) is 13.1. The van der Waals surface area contributed by atoms with Gasteiger partial charge in [-0.05, 0) is 123 Å². The molecule has 0 unspecified atom stereocenters. The predicted molar refractivity (Wildman–Crippen MR) is 273 cm³/mol. The van der Waals surface area contributed by atoms with Gasteiger partial charge in [-0.2, -0.15) is 45.9 Å². The lowest BCUT2D eigenvalue weighted by Crippen LogP contribution is -2.31. The number of phenols is 2. The summed E-state index contributed by atoms with van der Waals surface area (Å²) in [7, 11) is 0. The van der Waals surface area contributed by atoms with Crippen molar-refractivity contribution >= 4 is 35.3 Å². The maximum atomic E-state index is 13.2. The van der Waals surface area contributed by atoms with E-state index in [2.05, 4.69) is 31.5 Å². The molecular formula is C56H54F6N8O6. The van der Waals surface area contributed by atoms with Crippen molar-refractivity contribution in [3.8, 4) is 34.0 Å². The number of nitrogens with zero attached hydrogens (tertiary/aromatic N) is 4. The van der Waals surface area contributed by atoms with E-state index in [1.54, 1.807) is 12.1 Å². The standard InChI is InChI=1S/C30H27F3N4O3.C26H27F3N4O3/c31-30(32,33)22-12-6-11-21(15-22)28(39)35-23-13-14-27(38)24(16-23)25-17-26(20-9-4-5-10-20)37(36-25)29(40)34-18-19-7-2-1-3-8-19;1-2-12-30-25(36)33-22(16-6-3-4-7-16)15-21(32-33)20-14-19(10-11-23(20)34)31-24(35)17-8-5-9-18(13-17)26(27,28)29/h1-3,6-8,11-17,20,38H,4-5,9-10,18H2,(H,34,40)(H,35,39);5,8-11,13-16,34H,2-4,6-7,12H2,1H3,(H,30,36)(H,31,35). The van der Waals surface area contributed by atoms with Crippen LogP contribution < -0.4 is 21.3 Å². The maximum absolute atomic E-state index is 13.2. The van der Waals surface area contributed by atoms with Crippen LogP contribution in [-0.2, 0) is 18.9 Å². The zero-order valence-corrected chi connectivity index (χ0v) is 41.1. The number of carbonyl (C=O) groups is 4. The Hall–Kier alpha value is -8.42. The zero-order valence-electron chi connectivity index (χ0n) is 41.1. The highest BCUT2D eigenvalue weighted by molar-refractivity contribution is 6.05. The Morgan fingerprint density at radius 1 is 0.553 bits per heavy atom. The molecule has 2 aromatic heterocycles. The molecule has 5 aromatic carbocycles. The second-order valence-corrected chi connectivity index (χ2v) is 18.6. The first-order valence-electron chi connectivity index (χ1n) is 24.8. The molecule has 0 atom stereocenters. The highest BCUT2D eigenvalue weighted by atomic mass is 19.4. The van der Waals surface area contributed by atoms with Crippen molar-refractivity contribution < 1.29 is 55.7 Å². The number of halogens is 6. The zero-order chi connectivity index (χ0) is 54.1. The van der Waals surface area contributed by atoms with Crippen molar-refractivity contribution in [1.82, 2.24) is 30.2 Å². The van der Waals surface area contributed by atoms with E-state index >= 15 is 0 Å². The first-order chi connectivity index (χ1) is 36.4. The highest BCUT2D eigenvalue weighted by Crippen LogP contribution is 2.40. The van der Waals surface area contributed by atoms with Gasteiger partial charge in [0, 0.05) is 58.6 Å². The molecule has 0 radical (unpaired) electrons. The minimum Gasteiger partial charge on any atom is -0.507 e. The monoisotopic (exact) mass is 1050 g/mol. The molecule has 2 aliphatic carbocycles. The number of aromatic hydroxyl groups is 2. The molecule has 2 saturated carbocycles. The van der Waals surface area contributed by atoms with E-state index in [-0.39, 0.29) is 63.0 Å². The van der Waals surface area contributed by atoms with Crippen LogP contribution in [-0.4, -0.2) is 60.2 Å². The Balaban J connectivity index is 0.000000203. The fourth-order valence-electron chi connectivity index (χ4n) is 9.28. The summed E-state index contributed by atoms with van der Waals surface area (Å²) in [5.74, 6) is -1.39. The molecule has 6 N–H and O–H groups in total. The maximum Gasteiger partial charge on any atom is 0.416 e. The molecule has 2 fully saturated rings. The van der Waals surface area contributed by atoms with E-state index in [1.807, 2.05) is 37.3 Å². The van der Waals surface area contributed by atoms with Crippen LogP contribution in [0.25, 0.3) is 22.5 Å². The van der Waals surface area contributed by atoms with Gasteiger partial charge in [-0.3, -0.25) is 9.59 Å². The number of amides is 4. The summed E-state index contributed by atoms with van der Waals surface area (Å²) in [6.45, 7) is 2.77. The van der Waals surface area contributed by atoms with Crippen LogP contribution in [0.15, 0.2) is 127 Å². The Labute approximate surface area is 433 Å². The third-order valence-electron chi connectivity index (χ3n) is 13.2. The van der Waals surface area contributed by atoms with E-state index in [4.69, 9.17) is 0 Å². The number of aromatic nitrogens is 4. The average molecular weight is 1050 g/mol. The highest BCUT2D eigenvalue weighted by Gasteiger charge is 2.33. The summed E-state index contributed by atoms with van der Waals surface area (Å²) in [6, 6.07) is 29.1. The van der Waals surface area contributed by atoms with Crippen LogP contribution in [0.3, 0.4) is 0 Å². The van der Waals surface area contributed by atoms with E-state index in [1.165, 1.54) is 70.0 Å². The summed E-state index contributed by atoms with van der Waals surface area (Å²) in [5.41, 5.74) is 2.03. The van der Waals surface area contributed by atoms with E-state index in [9.17, 15) is 55.7 Å². The number of carbonyl (C=O) groups excluding carboxylic acids is 4. The summed E-state index contributed by atoms with van der Waals surface area (Å²) in [4.78, 5) is 51.3. The Kier molecular flexibility index (Phi) is 16.6. The topological polar surface area (TPSA) is 192 Å². The lowest BCUT2D eigenvalue weighted by atomic mass is 10.0. The number of anilines is 2. The van der Waals surface area contributed by atoms with Crippen LogP contribution in [0.5, 0.6) is 11.5 Å². The fourth-order valence-corrected chi connectivity index (χ4v) is 9.28. The molecule has 14 nitrogen and oxygen atoms in total. The van der Waals surface area contributed by atoms with Gasteiger partial charge in [-0.1, -0.05) is 75.1 Å². The van der Waals surface area contributed by atoms with Gasteiger partial charge in [0.2, 0.25) is 0 Å². The van der Waals surface area contributed by atoms with Crippen LogP contribution in [0.1, 0.15) is 125 Å². The fraction of sp³-hybridized carbons (Fsp3) is 0.286. The molecule has 7 aromatic rings. The van der Waals surface area contributed by atoms with Crippen molar-refractivity contribution in [2.75, 3.05) is 17.2 Å². The van der Waals surface area contributed by atoms with Crippen LogP contribution in [0.4, 0.5) is 47.3 Å². The molecular weight excluding hydrogens is 995 g/mol. The van der Waals surface area contributed by atoms with E-state index in [0.29, 0.717) is 24.5 Å². The molecule has 0 aliphatic heterocycles. The quantitative estimate of drug-likeness (QED) is 0.0514. The number of phenolic OH excluding ortho intramolecular Hbond substituents is 2. The van der Waals surface area contributed by atoms with Gasteiger partial charge in [0.25, 0.3) is 11.8 Å². The summed E-state index contributed by atoms with van der Waals surface area (Å²) >= 11 is 0. The first kappa shape index (κ1) is 53.9. The minimum atomic E-state index is -4.58. The minimum absolute atomic E-state index is 0.108. The summed E-state index contributed by atoms with van der Waals surface area (Å²) < 4.78 is 81.0. The molecule has 2 heterocycles. The van der Waals surface area contributed by atoms with Crippen LogP contribution in [0, 0.1) is 0 Å². The van der Waals surface area contributed by atoms with Gasteiger partial charge >= 0.3 is 24.4 Å². The first-order valence-corrected chi connectivity index (χ1v) is 24.8. The van der Waals surface area contributed by atoms with Crippen molar-refractivity contribution in [2.24, 2.45) is 0 Å². The molecule has 20 heteroatoms. The van der Waals surface area contributed by atoms with Crippen molar-refractivity contribution in [3.05, 3.63) is 167 Å². The molecule has 0 bridgehead atoms. The molecule has 396 valence electrons. The molecule has 0 saturated heterocycles. The number of benzene rings is 5. The average Bonchev–Trinajstić information content (AvgIpc) is 4.27. The molecule has 4 amide bonds. The Morgan fingerprint density at radius 2 is 0.987 bits per heavy atom. The molecule has 0 spiro atoms. The van der Waals surface area contributed by atoms with Crippen molar-refractivity contribution in [3.63, 3.8) is 0 Å². The SMILES string of the molecule is CCCNC(=O)n1nc(-c2cc(NC(=O)c3cccc(C(F)(F)F)c3)ccc2O)cc1C1CCCC1.O=C(Nc1ccc(O)c(-c2cc(C3CCCC3)n(C(=O)NCc3ccccc3)n2)c1)c1cccc(C(F)(F)F)c1. The Morgan fingerprint density at radius 3 is 1.41 bits per heavy atom. The summed E-state index contributed by atoms with van der Waals surface area (Å²) in [6.07, 6.45) is -0.477. The lowest BCUT2D eigenvalue weighted by Gasteiger charge is -2.12. The van der Waals surface area contributed by atoms with Crippen molar-refractivity contribution in [2.45, 2.75) is 95.4 Å². The normalized spacial score (nSPS) is 13.9. The largest absolute Gasteiger partial charge is 0.507 e. The number of alkyl halides is 6. The molecule has 2 aliphatic rings. The van der Waals surface area contributed by atoms with Crippen molar-refractivity contribution in [1.29, 1.82) is 0 Å². The van der Waals surface area contributed by atoms with E-state index in [0.717, 1.165) is 99.0 Å². The van der Waals surface area contributed by atoms with Gasteiger partial charge < -0.3 is 31.5 Å². The number of rotatable bonds is 12. The van der Waals surface area contributed by atoms with Crippen LogP contribution >= 0.6 is 0 Å². The summed E-state index contributed by atoms with van der Waals surface area (Å²) in [5, 5.41) is 41.0. The second-order valence-electron chi connectivity index (χ2n) is 18.6. The van der Waals surface area contributed by atoms with Gasteiger partial charge in [0.05, 0.1) is 33.9 Å². The molecule has 9 rings (SSSR count). The van der Waals surface area contributed by atoms with Gasteiger partial charge in [0.1, 0.15) is 11.5 Å². The lowest BCUT2D eigenvalue weighted by molar-refractivity contribution is -0.138. The third kappa shape index (κ3) is 13.1. The second kappa shape index (κ2) is 23.4. The van der Waals surface area contributed by atoms with E-state index < -0.39 is 41.3 Å². The Bertz CT molecular complexity index is 3210. The van der Waals surface area contributed by atoms with Crippen LogP contribution in [0.2, 0.25) is 0 Å². The third-order valence-corrected chi connectivity index (χ3v) is 13.2. The smallest absolute Gasteiger partial charge is 0.416 e. The van der Waals surface area contributed by atoms with Gasteiger partial charge in [-0.15, -0.1) is 0 Å². The number of hydrogen-bond donors (Lipinski definition) is 6.